The van der Waals surface area contributed by atoms with Gasteiger partial charge >= 0.3 is 0 Å². The fourth-order valence-electron chi connectivity index (χ4n) is 1.85. The van der Waals surface area contributed by atoms with Crippen molar-refractivity contribution in [2.45, 2.75) is 0 Å². The van der Waals surface area contributed by atoms with Crippen molar-refractivity contribution in [1.82, 2.24) is 0 Å². The highest BCUT2D eigenvalue weighted by atomic mass is 35.5. The molecule has 0 saturated carbocycles. The molecule has 0 radical (unpaired) electrons. The number of aliphatic imine (C=N–C) groups is 1. The molecule has 0 aliphatic heterocycles. The lowest BCUT2D eigenvalue weighted by molar-refractivity contribution is 0.628. The number of benzene rings is 2. The highest BCUT2D eigenvalue weighted by Crippen LogP contribution is 2.24. The molecule has 23 heavy (non-hydrogen) atoms. The third kappa shape index (κ3) is 4.24. The van der Waals surface area contributed by atoms with Gasteiger partial charge in [0.05, 0.1) is 16.4 Å². The number of nitrogens with one attached hydrogen (secondary N) is 1. The number of para-hydroxylation sites is 1. The van der Waals surface area contributed by atoms with Gasteiger partial charge in [-0.25, -0.2) is 13.8 Å². The molecule has 4 nitrogen and oxygen atoms in total. The first-order valence-electron chi connectivity index (χ1n) is 6.56. The van der Waals surface area contributed by atoms with Gasteiger partial charge in [0, 0.05) is 12.1 Å². The van der Waals surface area contributed by atoms with E-state index in [1.54, 1.807) is 19.2 Å². The first-order chi connectivity index (χ1) is 10.9. The maximum Gasteiger partial charge on any atom is 0.197 e. The molecule has 0 aliphatic rings. The number of nitrogens with two attached hydrogens (primary N) is 1. The topological polar surface area (TPSA) is 53.6 Å². The van der Waals surface area contributed by atoms with Crippen LogP contribution in [0, 0.1) is 11.6 Å². The van der Waals surface area contributed by atoms with Crippen LogP contribution in [0.1, 0.15) is 0 Å². The lowest BCUT2D eigenvalue weighted by atomic mass is 10.3. The van der Waals surface area contributed by atoms with Crippen LogP contribution in [0.3, 0.4) is 0 Å². The summed E-state index contributed by atoms with van der Waals surface area (Å²) in [5.74, 6) is -0.974. The van der Waals surface area contributed by atoms with Gasteiger partial charge in [-0.3, -0.25) is 0 Å². The normalized spacial score (nSPS) is 11.4. The van der Waals surface area contributed by atoms with Crippen molar-refractivity contribution >= 4 is 40.5 Å². The number of hydrogen-bond donors (Lipinski definition) is 2. The van der Waals surface area contributed by atoms with E-state index in [9.17, 15) is 8.78 Å². The summed E-state index contributed by atoms with van der Waals surface area (Å²) in [4.78, 5) is 5.38. The number of nitrogens with zero attached hydrogens (tertiary/aromatic N) is 2. The molecular weight excluding hydrogens is 345 g/mol. The van der Waals surface area contributed by atoms with Crippen molar-refractivity contribution < 1.29 is 8.78 Å². The number of guanidine groups is 1. The van der Waals surface area contributed by atoms with Gasteiger partial charge < -0.3 is 16.0 Å². The van der Waals surface area contributed by atoms with Gasteiger partial charge in [-0.2, -0.15) is 0 Å². The van der Waals surface area contributed by atoms with Crippen molar-refractivity contribution in [3.05, 3.63) is 58.1 Å². The van der Waals surface area contributed by atoms with E-state index in [0.29, 0.717) is 0 Å². The summed E-state index contributed by atoms with van der Waals surface area (Å²) >= 11 is 11.6. The summed E-state index contributed by atoms with van der Waals surface area (Å²) in [7, 11) is 1.56. The summed E-state index contributed by atoms with van der Waals surface area (Å²) in [6, 6.07) is 8.53. The van der Waals surface area contributed by atoms with Crippen LogP contribution in [0.4, 0.5) is 20.2 Å². The average molecular weight is 359 g/mol. The fraction of sp³-hybridized carbons (Fsp3) is 0.133. The largest absolute Gasteiger partial charge is 0.369 e. The molecule has 0 fully saturated rings. The SMILES string of the molecule is CN(C(N)=NCNc1c(F)cccc1Cl)c1ccc(Cl)cc1F. The van der Waals surface area contributed by atoms with Gasteiger partial charge in [-0.05, 0) is 30.3 Å². The van der Waals surface area contributed by atoms with Crippen LogP contribution < -0.4 is 16.0 Å². The van der Waals surface area contributed by atoms with Crippen molar-refractivity contribution in [3.63, 3.8) is 0 Å². The minimum absolute atomic E-state index is 0.0218. The van der Waals surface area contributed by atoms with Crippen LogP contribution in [-0.2, 0) is 0 Å². The zero-order chi connectivity index (χ0) is 17.0. The van der Waals surface area contributed by atoms with Crippen molar-refractivity contribution in [2.24, 2.45) is 10.7 Å². The zero-order valence-corrected chi connectivity index (χ0v) is 13.7. The quantitative estimate of drug-likeness (QED) is 0.639. The second kappa shape index (κ2) is 7.48. The lowest BCUT2D eigenvalue weighted by Crippen LogP contribution is -2.35. The maximum atomic E-state index is 13.8. The van der Waals surface area contributed by atoms with Gasteiger partial charge in [-0.1, -0.05) is 29.3 Å². The van der Waals surface area contributed by atoms with Crippen LogP contribution in [0.25, 0.3) is 0 Å². The summed E-state index contributed by atoms with van der Waals surface area (Å²) < 4.78 is 27.4. The standard InChI is InChI=1S/C15H14Cl2F2N4/c1-23(13-6-5-9(16)7-12(13)19)15(20)22-8-21-14-10(17)3-2-4-11(14)18/h2-7,21H,8H2,1H3,(H2,20,22). The number of anilines is 2. The summed E-state index contributed by atoms with van der Waals surface area (Å²) in [5.41, 5.74) is 6.16. The van der Waals surface area contributed by atoms with E-state index in [2.05, 4.69) is 10.3 Å². The van der Waals surface area contributed by atoms with Crippen molar-refractivity contribution in [2.75, 3.05) is 23.9 Å². The van der Waals surface area contributed by atoms with Crippen LogP contribution in [-0.4, -0.2) is 19.7 Å². The number of hydrogen-bond acceptors (Lipinski definition) is 2. The van der Waals surface area contributed by atoms with E-state index in [-0.39, 0.29) is 34.0 Å². The van der Waals surface area contributed by atoms with Crippen LogP contribution in [0.15, 0.2) is 41.4 Å². The highest BCUT2D eigenvalue weighted by Gasteiger charge is 2.11. The van der Waals surface area contributed by atoms with E-state index in [4.69, 9.17) is 28.9 Å². The van der Waals surface area contributed by atoms with E-state index in [0.717, 1.165) is 0 Å². The Morgan fingerprint density at radius 2 is 1.96 bits per heavy atom. The van der Waals surface area contributed by atoms with Crippen molar-refractivity contribution in [1.29, 1.82) is 0 Å². The van der Waals surface area contributed by atoms with Gasteiger partial charge in [0.2, 0.25) is 0 Å². The predicted octanol–water partition coefficient (Wildman–Crippen LogP) is 4.09. The summed E-state index contributed by atoms with van der Waals surface area (Å²) in [6.07, 6.45) is 0. The first-order valence-corrected chi connectivity index (χ1v) is 7.32. The second-order valence-corrected chi connectivity index (χ2v) is 5.45. The summed E-state index contributed by atoms with van der Waals surface area (Å²) in [5, 5.41) is 3.24. The second-order valence-electron chi connectivity index (χ2n) is 4.60. The molecule has 0 atom stereocenters. The Labute approximate surface area is 142 Å². The highest BCUT2D eigenvalue weighted by molar-refractivity contribution is 6.33. The fourth-order valence-corrected chi connectivity index (χ4v) is 2.24. The minimum atomic E-state index is -0.525. The number of halogens is 4. The Kier molecular flexibility index (Phi) is 5.63. The van der Waals surface area contributed by atoms with E-state index >= 15 is 0 Å². The van der Waals surface area contributed by atoms with Crippen LogP contribution in [0.2, 0.25) is 10.0 Å². The molecule has 0 bridgehead atoms. The Balaban J connectivity index is 2.07. The first kappa shape index (κ1) is 17.3. The molecule has 0 saturated heterocycles. The lowest BCUT2D eigenvalue weighted by Gasteiger charge is -2.19. The zero-order valence-electron chi connectivity index (χ0n) is 12.2. The van der Waals surface area contributed by atoms with E-state index < -0.39 is 11.6 Å². The van der Waals surface area contributed by atoms with Crippen molar-refractivity contribution in [3.8, 4) is 0 Å². The Morgan fingerprint density at radius 1 is 1.22 bits per heavy atom. The minimum Gasteiger partial charge on any atom is -0.369 e. The third-order valence-corrected chi connectivity index (χ3v) is 3.62. The van der Waals surface area contributed by atoms with Gasteiger partial charge in [0.1, 0.15) is 18.3 Å². The molecule has 8 heteroatoms. The molecule has 0 aromatic heterocycles. The monoisotopic (exact) mass is 358 g/mol. The average Bonchev–Trinajstić information content (AvgIpc) is 2.49. The summed E-state index contributed by atoms with van der Waals surface area (Å²) in [6.45, 7) is -0.0218. The molecule has 0 unspecified atom stereocenters. The molecular formula is C15H14Cl2F2N4. The van der Waals surface area contributed by atoms with E-state index in [1.807, 2.05) is 0 Å². The molecule has 122 valence electrons. The molecule has 0 amide bonds. The van der Waals surface area contributed by atoms with Gasteiger partial charge in [0.25, 0.3) is 0 Å². The van der Waals surface area contributed by atoms with Crippen LogP contribution >= 0.6 is 23.2 Å². The Hall–Kier alpha value is -2.05. The number of rotatable bonds is 4. The molecule has 2 rings (SSSR count). The Morgan fingerprint density at radius 3 is 2.61 bits per heavy atom. The predicted molar refractivity (Wildman–Crippen MR) is 91.3 cm³/mol. The molecule has 3 N–H and O–H groups in total. The maximum absolute atomic E-state index is 13.8. The van der Waals surface area contributed by atoms with Gasteiger partial charge in [-0.15, -0.1) is 0 Å². The van der Waals surface area contributed by atoms with Gasteiger partial charge in [0.15, 0.2) is 5.96 Å². The molecule has 0 aliphatic carbocycles. The molecule has 2 aromatic rings. The smallest absolute Gasteiger partial charge is 0.197 e. The van der Waals surface area contributed by atoms with Crippen LogP contribution in [0.5, 0.6) is 0 Å². The molecule has 2 aromatic carbocycles. The van der Waals surface area contributed by atoms with E-state index in [1.165, 1.54) is 29.2 Å². The molecule has 0 heterocycles. The Bertz CT molecular complexity index is 717. The molecule has 0 spiro atoms. The third-order valence-electron chi connectivity index (χ3n) is 3.07.